The minimum absolute atomic E-state index is 0.0802. The zero-order chi connectivity index (χ0) is 29.1. The SMILES string of the molecule is CCNC(=O)C[C@@H]1N=C(c2ccc(Cl)cc2)c2cc(OCC(=O)Cc3cccc(O)c3O)ccc2-n2c(C)nnc21. The minimum atomic E-state index is -0.609. The molecule has 1 aliphatic heterocycles. The number of amides is 1. The van der Waals surface area contributed by atoms with Crippen LogP contribution in [0.3, 0.4) is 0 Å². The number of Topliss-reactive ketones (excluding diaryl/α,β-unsaturated/α-hetero) is 1. The van der Waals surface area contributed by atoms with Gasteiger partial charge >= 0.3 is 0 Å². The summed E-state index contributed by atoms with van der Waals surface area (Å²) in [6.07, 6.45) is -0.0236. The van der Waals surface area contributed by atoms with Crippen molar-refractivity contribution < 1.29 is 24.5 Å². The molecule has 4 aromatic rings. The maximum absolute atomic E-state index is 12.7. The molecule has 0 radical (unpaired) electrons. The van der Waals surface area contributed by atoms with Crippen molar-refractivity contribution in [3.8, 4) is 22.9 Å². The quantitative estimate of drug-likeness (QED) is 0.254. The van der Waals surface area contributed by atoms with Crippen LogP contribution in [0.5, 0.6) is 17.2 Å². The van der Waals surface area contributed by atoms with Crippen LogP contribution in [-0.2, 0) is 16.0 Å². The highest BCUT2D eigenvalue weighted by atomic mass is 35.5. The monoisotopic (exact) mass is 573 g/mol. The van der Waals surface area contributed by atoms with E-state index < -0.39 is 6.04 Å². The zero-order valence-corrected chi connectivity index (χ0v) is 23.2. The van der Waals surface area contributed by atoms with Gasteiger partial charge in [0.15, 0.2) is 23.1 Å². The predicted molar refractivity (Wildman–Crippen MR) is 153 cm³/mol. The fourth-order valence-corrected chi connectivity index (χ4v) is 4.86. The fourth-order valence-electron chi connectivity index (χ4n) is 4.73. The molecule has 11 heteroatoms. The van der Waals surface area contributed by atoms with Gasteiger partial charge in [-0.2, -0.15) is 0 Å². The van der Waals surface area contributed by atoms with Crippen LogP contribution in [0.1, 0.15) is 47.7 Å². The van der Waals surface area contributed by atoms with Gasteiger partial charge in [-0.3, -0.25) is 19.1 Å². The number of carbonyl (C=O) groups excluding carboxylic acids is 2. The first-order valence-electron chi connectivity index (χ1n) is 13.1. The first-order chi connectivity index (χ1) is 19.7. The number of hydrogen-bond donors (Lipinski definition) is 3. The molecule has 1 amide bonds. The van der Waals surface area contributed by atoms with Crippen molar-refractivity contribution in [1.82, 2.24) is 20.1 Å². The molecule has 5 rings (SSSR count). The van der Waals surface area contributed by atoms with Crippen molar-refractivity contribution in [1.29, 1.82) is 0 Å². The van der Waals surface area contributed by atoms with Crippen molar-refractivity contribution >= 4 is 29.0 Å². The number of ether oxygens (including phenoxy) is 1. The van der Waals surface area contributed by atoms with Gasteiger partial charge in [-0.15, -0.1) is 10.2 Å². The standard InChI is InChI=1S/C30H28ClN5O5/c1-3-32-27(39)15-24-30-35-34-17(2)36(30)25-12-11-22(14-23(25)28(33-24)18-7-9-20(31)10-8-18)41-16-21(37)13-19-5-4-6-26(38)29(19)40/h4-12,14,24,38,40H,3,13,15-16H2,1-2H3,(H,32,39)/t24-/m0/s1. The molecule has 210 valence electrons. The number of carbonyl (C=O) groups is 2. The molecule has 1 aromatic heterocycles. The summed E-state index contributed by atoms with van der Waals surface area (Å²) in [6.45, 7) is 3.93. The highest BCUT2D eigenvalue weighted by molar-refractivity contribution is 6.30. The van der Waals surface area contributed by atoms with E-state index in [-0.39, 0.29) is 42.6 Å². The molecule has 0 fully saturated rings. The van der Waals surface area contributed by atoms with Gasteiger partial charge < -0.3 is 20.3 Å². The number of ketones is 1. The average molecular weight is 574 g/mol. The Morgan fingerprint density at radius 2 is 1.85 bits per heavy atom. The Morgan fingerprint density at radius 1 is 1.07 bits per heavy atom. The smallest absolute Gasteiger partial charge is 0.222 e. The first kappa shape index (κ1) is 27.9. The van der Waals surface area contributed by atoms with E-state index >= 15 is 0 Å². The van der Waals surface area contributed by atoms with E-state index in [0.717, 1.165) is 11.3 Å². The van der Waals surface area contributed by atoms with E-state index in [2.05, 4.69) is 15.5 Å². The van der Waals surface area contributed by atoms with E-state index in [1.165, 1.54) is 6.07 Å². The minimum Gasteiger partial charge on any atom is -0.504 e. The summed E-state index contributed by atoms with van der Waals surface area (Å²) in [7, 11) is 0. The van der Waals surface area contributed by atoms with E-state index in [1.807, 2.05) is 36.6 Å². The lowest BCUT2D eigenvalue weighted by molar-refractivity contribution is -0.121. The second-order valence-corrected chi connectivity index (χ2v) is 10.0. The molecule has 1 atom stereocenters. The van der Waals surface area contributed by atoms with Crippen molar-refractivity contribution in [2.24, 2.45) is 4.99 Å². The molecule has 0 aliphatic carbocycles. The number of rotatable bonds is 9. The molecule has 2 heterocycles. The highest BCUT2D eigenvalue weighted by Crippen LogP contribution is 2.35. The summed E-state index contributed by atoms with van der Waals surface area (Å²) in [4.78, 5) is 30.3. The summed E-state index contributed by atoms with van der Waals surface area (Å²) in [5.41, 5.74) is 3.15. The van der Waals surface area contributed by atoms with Crippen LogP contribution in [0, 0.1) is 6.92 Å². The summed E-state index contributed by atoms with van der Waals surface area (Å²) in [5, 5.41) is 31.8. The van der Waals surface area contributed by atoms with Crippen molar-refractivity contribution in [3.63, 3.8) is 0 Å². The number of phenolic OH excluding ortho intramolecular Hbond substituents is 2. The Labute approximate surface area is 241 Å². The Bertz CT molecular complexity index is 1650. The number of halogens is 1. The van der Waals surface area contributed by atoms with Crippen LogP contribution in [0.25, 0.3) is 5.69 Å². The second kappa shape index (κ2) is 11.8. The Morgan fingerprint density at radius 3 is 2.61 bits per heavy atom. The molecular formula is C30H28ClN5O5. The van der Waals surface area contributed by atoms with E-state index in [9.17, 15) is 19.8 Å². The number of fused-ring (bicyclic) bond motifs is 3. The van der Waals surface area contributed by atoms with Gasteiger partial charge in [0.25, 0.3) is 0 Å². The van der Waals surface area contributed by atoms with Gasteiger partial charge in [-0.25, -0.2) is 0 Å². The van der Waals surface area contributed by atoms with Crippen molar-refractivity contribution in [2.45, 2.75) is 32.7 Å². The normalized spacial score (nSPS) is 13.9. The molecule has 41 heavy (non-hydrogen) atoms. The van der Waals surface area contributed by atoms with Gasteiger partial charge in [0.1, 0.15) is 24.2 Å². The molecule has 0 saturated carbocycles. The third kappa shape index (κ3) is 5.92. The molecule has 1 aliphatic rings. The number of para-hydroxylation sites is 1. The number of benzene rings is 3. The molecule has 0 bridgehead atoms. The van der Waals surface area contributed by atoms with Crippen LogP contribution in [0.4, 0.5) is 0 Å². The molecule has 0 spiro atoms. The molecule has 3 N–H and O–H groups in total. The van der Waals surface area contributed by atoms with E-state index in [1.54, 1.807) is 36.4 Å². The third-order valence-corrected chi connectivity index (χ3v) is 6.90. The maximum Gasteiger partial charge on any atom is 0.222 e. The number of aromatic nitrogens is 3. The van der Waals surface area contributed by atoms with Gasteiger partial charge in [-0.1, -0.05) is 35.9 Å². The topological polar surface area (TPSA) is 139 Å². The Kier molecular flexibility index (Phi) is 8.02. The van der Waals surface area contributed by atoms with Crippen molar-refractivity contribution in [3.05, 3.63) is 94.0 Å². The van der Waals surface area contributed by atoms with Crippen LogP contribution >= 0.6 is 11.6 Å². The number of nitrogens with zero attached hydrogens (tertiary/aromatic N) is 4. The number of hydrogen-bond acceptors (Lipinski definition) is 8. The van der Waals surface area contributed by atoms with Gasteiger partial charge in [0, 0.05) is 34.7 Å². The second-order valence-electron chi connectivity index (χ2n) is 9.57. The van der Waals surface area contributed by atoms with Crippen LogP contribution in [0.15, 0.2) is 65.7 Å². The summed E-state index contributed by atoms with van der Waals surface area (Å²) >= 11 is 6.17. The van der Waals surface area contributed by atoms with E-state index in [0.29, 0.717) is 45.8 Å². The van der Waals surface area contributed by atoms with Crippen LogP contribution in [-0.4, -0.2) is 55.5 Å². The van der Waals surface area contributed by atoms with Gasteiger partial charge in [-0.05, 0) is 50.2 Å². The first-order valence-corrected chi connectivity index (χ1v) is 13.4. The molecular weight excluding hydrogens is 546 g/mol. The van der Waals surface area contributed by atoms with Crippen LogP contribution in [0.2, 0.25) is 5.02 Å². The summed E-state index contributed by atoms with van der Waals surface area (Å²) < 4.78 is 7.75. The number of nitrogens with one attached hydrogen (secondary N) is 1. The largest absolute Gasteiger partial charge is 0.504 e. The average Bonchev–Trinajstić information content (AvgIpc) is 3.27. The van der Waals surface area contributed by atoms with Crippen LogP contribution < -0.4 is 10.1 Å². The lowest BCUT2D eigenvalue weighted by Crippen LogP contribution is -2.25. The zero-order valence-electron chi connectivity index (χ0n) is 22.5. The van der Waals surface area contributed by atoms with Gasteiger partial charge in [0.2, 0.25) is 5.91 Å². The third-order valence-electron chi connectivity index (χ3n) is 6.65. The van der Waals surface area contributed by atoms with Gasteiger partial charge in [0.05, 0.1) is 17.8 Å². The predicted octanol–water partition coefficient (Wildman–Crippen LogP) is 4.25. The maximum atomic E-state index is 12.7. The molecule has 0 saturated heterocycles. The molecule has 10 nitrogen and oxygen atoms in total. The number of aromatic hydroxyl groups is 2. The number of phenols is 2. The molecule has 0 unspecified atom stereocenters. The van der Waals surface area contributed by atoms with E-state index in [4.69, 9.17) is 21.3 Å². The summed E-state index contributed by atoms with van der Waals surface area (Å²) in [6, 6.07) is 16.5. The molecule has 3 aromatic carbocycles. The van der Waals surface area contributed by atoms with Crippen molar-refractivity contribution in [2.75, 3.05) is 13.2 Å². The number of aryl methyl sites for hydroxylation is 1. The lowest BCUT2D eigenvalue weighted by atomic mass is 10.00. The summed E-state index contributed by atoms with van der Waals surface area (Å²) in [5.74, 6) is 0.537. The Balaban J connectivity index is 1.51. The lowest BCUT2D eigenvalue weighted by Gasteiger charge is -2.15. The fraction of sp³-hybridized carbons (Fsp3) is 0.233. The number of aliphatic imine (C=N–C) groups is 1. The highest BCUT2D eigenvalue weighted by Gasteiger charge is 2.30. The Hall–Kier alpha value is -4.70.